The first-order valence-corrected chi connectivity index (χ1v) is 1.97. The van der Waals surface area contributed by atoms with Crippen molar-refractivity contribution < 1.29 is 15.0 Å². The van der Waals surface area contributed by atoms with Gasteiger partial charge in [0.15, 0.2) is 0 Å². The average Bonchev–Trinajstić information content (AvgIpc) is 1.31. The van der Waals surface area contributed by atoms with Crippen molar-refractivity contribution in [2.24, 2.45) is 0 Å². The lowest BCUT2D eigenvalue weighted by Crippen LogP contribution is -2.27. The van der Waals surface area contributed by atoms with Gasteiger partial charge in [-0.2, -0.15) is 0 Å². The van der Waals surface area contributed by atoms with E-state index in [2.05, 4.69) is 0 Å². The van der Waals surface area contributed by atoms with E-state index in [9.17, 15) is 4.79 Å². The molecule has 0 heterocycles. The highest BCUT2D eigenvalue weighted by Gasteiger charge is 2.25. The smallest absolute Gasteiger partial charge is 0.351 e. The molecule has 0 spiro atoms. The Hall–Kier alpha value is -0.280. The Labute approximate surface area is 45.5 Å². The molecule has 2 N–H and O–H groups in total. The van der Waals surface area contributed by atoms with Crippen molar-refractivity contribution in [3.05, 3.63) is 0 Å². The highest BCUT2D eigenvalue weighted by atomic mass is 35.5. The molecule has 4 heteroatoms. The Morgan fingerprint density at radius 3 is 2.00 bits per heavy atom. The minimum absolute atomic E-state index is 0.983. The number of aliphatic hydroxyl groups is 1. The van der Waals surface area contributed by atoms with Crippen LogP contribution in [0.25, 0.3) is 0 Å². The van der Waals surface area contributed by atoms with Crippen LogP contribution in [0.4, 0.5) is 0 Å². The zero-order chi connectivity index (χ0) is 6.08. The summed E-state index contributed by atoms with van der Waals surface area (Å²) < 4.78 is 0. The van der Waals surface area contributed by atoms with Crippen LogP contribution in [0.5, 0.6) is 0 Å². The maximum atomic E-state index is 9.64. The molecule has 7 heavy (non-hydrogen) atoms. The second kappa shape index (κ2) is 1.68. The second-order valence-electron chi connectivity index (χ2n) is 1.26. The fourth-order valence-corrected chi connectivity index (χ4v) is 0. The highest BCUT2D eigenvalue weighted by Crippen LogP contribution is 2.06. The van der Waals surface area contributed by atoms with Gasteiger partial charge in [-0.15, -0.1) is 0 Å². The molecule has 0 fully saturated rings. The van der Waals surface area contributed by atoms with Gasteiger partial charge in [0.1, 0.15) is 0 Å². The van der Waals surface area contributed by atoms with Gasteiger partial charge in [0.25, 0.3) is 0 Å². The first kappa shape index (κ1) is 6.72. The van der Waals surface area contributed by atoms with Gasteiger partial charge in [0, 0.05) is 0 Å². The van der Waals surface area contributed by atoms with E-state index in [0.717, 1.165) is 6.92 Å². The summed E-state index contributed by atoms with van der Waals surface area (Å²) >= 11 is 4.82. The number of hydrogen-bond acceptors (Lipinski definition) is 2. The van der Waals surface area contributed by atoms with Crippen LogP contribution in [0.1, 0.15) is 6.92 Å². The van der Waals surface area contributed by atoms with Crippen molar-refractivity contribution in [3.8, 4) is 0 Å². The van der Waals surface area contributed by atoms with Crippen molar-refractivity contribution in [3.63, 3.8) is 0 Å². The molecular weight excluding hydrogens is 119 g/mol. The molecule has 0 aromatic carbocycles. The minimum Gasteiger partial charge on any atom is -0.478 e. The Bertz CT molecular complexity index is 82.7. The summed E-state index contributed by atoms with van der Waals surface area (Å²) in [7, 11) is 0. The average molecular weight is 125 g/mol. The van der Waals surface area contributed by atoms with Crippen LogP contribution in [-0.2, 0) is 4.79 Å². The Kier molecular flexibility index (Phi) is 1.61. The van der Waals surface area contributed by atoms with Crippen LogP contribution in [0.15, 0.2) is 0 Å². The summed E-state index contributed by atoms with van der Waals surface area (Å²) in [5.41, 5.74) is 0. The number of hydrogen-bond donors (Lipinski definition) is 2. The number of alkyl halides is 1. The topological polar surface area (TPSA) is 57.5 Å². The molecule has 0 amide bonds. The molecule has 0 rings (SSSR count). The first-order chi connectivity index (χ1) is 2.94. The molecule has 42 valence electrons. The lowest BCUT2D eigenvalue weighted by Gasteiger charge is -2.04. The number of carboxylic acid groups (broad SMARTS) is 1. The van der Waals surface area contributed by atoms with Crippen molar-refractivity contribution in [1.82, 2.24) is 0 Å². The van der Waals surface area contributed by atoms with Crippen molar-refractivity contribution in [2.75, 3.05) is 0 Å². The SMILES string of the molecule is CC(O)(Cl)C(=O)O. The maximum absolute atomic E-state index is 9.64. The van der Waals surface area contributed by atoms with Gasteiger partial charge in [-0.3, -0.25) is 0 Å². The summed E-state index contributed by atoms with van der Waals surface area (Å²) in [6, 6.07) is 0. The van der Waals surface area contributed by atoms with E-state index in [-0.39, 0.29) is 0 Å². The molecule has 0 aliphatic heterocycles. The summed E-state index contributed by atoms with van der Waals surface area (Å²) in [6.07, 6.45) is 0. The molecule has 3 nitrogen and oxygen atoms in total. The van der Waals surface area contributed by atoms with Crippen LogP contribution in [0.2, 0.25) is 0 Å². The fourth-order valence-electron chi connectivity index (χ4n) is 0. The van der Waals surface area contributed by atoms with Crippen LogP contribution >= 0.6 is 11.6 Å². The van der Waals surface area contributed by atoms with Gasteiger partial charge in [-0.05, 0) is 6.92 Å². The molecule has 0 aromatic rings. The van der Waals surface area contributed by atoms with E-state index in [1.807, 2.05) is 0 Å². The van der Waals surface area contributed by atoms with Gasteiger partial charge in [-0.25, -0.2) is 4.79 Å². The Morgan fingerprint density at radius 1 is 1.86 bits per heavy atom. The van der Waals surface area contributed by atoms with Gasteiger partial charge >= 0.3 is 5.97 Å². The fraction of sp³-hybridized carbons (Fsp3) is 0.667. The lowest BCUT2D eigenvalue weighted by atomic mass is 10.4. The summed E-state index contributed by atoms with van der Waals surface area (Å²) in [6.45, 7) is 0.983. The standard InChI is InChI=1S/C3H5ClO3/c1-3(4,7)2(5)6/h7H,1H3,(H,5,6). The van der Waals surface area contributed by atoms with E-state index in [1.54, 1.807) is 0 Å². The monoisotopic (exact) mass is 124 g/mol. The number of rotatable bonds is 1. The van der Waals surface area contributed by atoms with Crippen LogP contribution in [0.3, 0.4) is 0 Å². The molecule has 1 unspecified atom stereocenters. The van der Waals surface area contributed by atoms with Gasteiger partial charge in [-0.1, -0.05) is 11.6 Å². The molecule has 0 aliphatic rings. The van der Waals surface area contributed by atoms with E-state index in [1.165, 1.54) is 0 Å². The third-order valence-electron chi connectivity index (χ3n) is 0.390. The Morgan fingerprint density at radius 2 is 2.00 bits per heavy atom. The van der Waals surface area contributed by atoms with Crippen molar-refractivity contribution in [2.45, 2.75) is 12.0 Å². The van der Waals surface area contributed by atoms with Gasteiger partial charge < -0.3 is 10.2 Å². The molecule has 1 atom stereocenters. The van der Waals surface area contributed by atoms with Crippen molar-refractivity contribution in [1.29, 1.82) is 0 Å². The molecule has 0 aliphatic carbocycles. The number of carbonyl (C=O) groups is 1. The first-order valence-electron chi connectivity index (χ1n) is 1.59. The van der Waals surface area contributed by atoms with E-state index in [0.29, 0.717) is 0 Å². The number of halogens is 1. The molecule has 0 saturated carbocycles. The molecule has 0 saturated heterocycles. The summed E-state index contributed by atoms with van der Waals surface area (Å²) in [5, 5.41) is 14.0. The molecule has 0 radical (unpaired) electrons. The Balaban J connectivity index is 3.79. The van der Waals surface area contributed by atoms with E-state index < -0.39 is 11.0 Å². The quantitative estimate of drug-likeness (QED) is 0.485. The predicted octanol–water partition coefficient (Wildman–Crippen LogP) is 0.0183. The highest BCUT2D eigenvalue weighted by molar-refractivity contribution is 6.31. The largest absolute Gasteiger partial charge is 0.478 e. The lowest BCUT2D eigenvalue weighted by molar-refractivity contribution is -0.148. The van der Waals surface area contributed by atoms with Crippen molar-refractivity contribution >= 4 is 17.6 Å². The number of carboxylic acids is 1. The summed E-state index contributed by atoms with van der Waals surface area (Å²) in [5.74, 6) is -1.44. The van der Waals surface area contributed by atoms with Crippen LogP contribution in [-0.4, -0.2) is 21.2 Å². The van der Waals surface area contributed by atoms with Crippen LogP contribution < -0.4 is 0 Å². The third kappa shape index (κ3) is 2.42. The maximum Gasteiger partial charge on any atom is 0.351 e. The zero-order valence-corrected chi connectivity index (χ0v) is 4.44. The van der Waals surface area contributed by atoms with E-state index in [4.69, 9.17) is 21.8 Å². The predicted molar refractivity (Wildman–Crippen MR) is 24.1 cm³/mol. The van der Waals surface area contributed by atoms with E-state index >= 15 is 0 Å². The minimum atomic E-state index is -2.11. The third-order valence-corrected chi connectivity index (χ3v) is 0.552. The van der Waals surface area contributed by atoms with Gasteiger partial charge in [0.2, 0.25) is 5.06 Å². The number of aliphatic carboxylic acids is 1. The molecular formula is C3H5ClO3. The second-order valence-corrected chi connectivity index (χ2v) is 1.99. The van der Waals surface area contributed by atoms with Crippen LogP contribution in [0, 0.1) is 0 Å². The molecule has 0 aromatic heterocycles. The normalized spacial score (nSPS) is 18.1. The summed E-state index contributed by atoms with van der Waals surface area (Å²) in [4.78, 5) is 9.64. The van der Waals surface area contributed by atoms with Gasteiger partial charge in [0.05, 0.1) is 0 Å². The zero-order valence-electron chi connectivity index (χ0n) is 3.68. The molecule has 0 bridgehead atoms.